The lowest BCUT2D eigenvalue weighted by atomic mass is 9.93. The molecule has 0 aromatic heterocycles. The van der Waals surface area contributed by atoms with Crippen LogP contribution in [0, 0.1) is 6.92 Å². The normalized spacial score (nSPS) is 24.1. The highest BCUT2D eigenvalue weighted by Crippen LogP contribution is 2.33. The minimum atomic E-state index is -3.64. The number of anilines is 1. The van der Waals surface area contributed by atoms with E-state index < -0.39 is 21.5 Å². The van der Waals surface area contributed by atoms with Crippen LogP contribution >= 0.6 is 11.6 Å². The molecular formula is C22H32ClN3O4S. The van der Waals surface area contributed by atoms with Crippen molar-refractivity contribution < 1.29 is 18.0 Å². The smallest absolute Gasteiger partial charge is 0.247 e. The van der Waals surface area contributed by atoms with Gasteiger partial charge in [-0.3, -0.25) is 14.5 Å². The Labute approximate surface area is 190 Å². The molecule has 1 heterocycles. The molecule has 9 heteroatoms. The molecule has 1 N–H and O–H groups in total. The van der Waals surface area contributed by atoms with E-state index in [1.54, 1.807) is 25.1 Å². The molecule has 1 saturated carbocycles. The number of carbonyl (C=O) groups is 2. The molecule has 172 valence electrons. The summed E-state index contributed by atoms with van der Waals surface area (Å²) >= 11 is 6.31. The van der Waals surface area contributed by atoms with Gasteiger partial charge in [-0.15, -0.1) is 0 Å². The quantitative estimate of drug-likeness (QED) is 0.670. The Hall–Kier alpha value is -1.64. The van der Waals surface area contributed by atoms with E-state index >= 15 is 0 Å². The number of nitrogens with one attached hydrogen (secondary N) is 1. The molecule has 0 unspecified atom stereocenters. The third kappa shape index (κ3) is 5.07. The zero-order valence-electron chi connectivity index (χ0n) is 18.5. The summed E-state index contributed by atoms with van der Waals surface area (Å²) in [6.07, 6.45) is 6.19. The summed E-state index contributed by atoms with van der Waals surface area (Å²) in [5.74, 6) is -0.904. The fourth-order valence-corrected chi connectivity index (χ4v) is 5.73. The highest BCUT2D eigenvalue weighted by atomic mass is 35.5. The second kappa shape index (κ2) is 9.46. The minimum Gasteiger partial charge on any atom is -0.351 e. The van der Waals surface area contributed by atoms with Gasteiger partial charge >= 0.3 is 0 Å². The number of hydrogen-bond donors (Lipinski definition) is 1. The summed E-state index contributed by atoms with van der Waals surface area (Å²) in [5, 5.41) is 3.60. The van der Waals surface area contributed by atoms with E-state index in [9.17, 15) is 18.0 Å². The SMILES string of the molecule is CCS(=O)(=O)N1CC(=O)N(c2ccc(C)c(Cl)c2)[C@@](C)(C(=O)NC2CCCCCC2)C1. The van der Waals surface area contributed by atoms with Crippen LogP contribution in [0.4, 0.5) is 5.69 Å². The Kier molecular flexibility index (Phi) is 7.33. The standard InChI is InChI=1S/C22H32ClN3O4S/c1-4-31(29,30)25-14-20(27)26(18-12-11-16(2)19(23)13-18)22(3,15-25)21(28)24-17-9-7-5-6-8-10-17/h11-13,17H,4-10,14-15H2,1-3H3,(H,24,28)/t22-/m1/s1. The van der Waals surface area contributed by atoms with E-state index in [0.717, 1.165) is 48.4 Å². The van der Waals surface area contributed by atoms with Crippen LogP contribution in [0.2, 0.25) is 5.02 Å². The maximum atomic E-state index is 13.6. The van der Waals surface area contributed by atoms with Crippen LogP contribution in [-0.2, 0) is 19.6 Å². The summed E-state index contributed by atoms with van der Waals surface area (Å²) in [7, 11) is -3.64. The van der Waals surface area contributed by atoms with Crippen LogP contribution in [-0.4, -0.2) is 55.0 Å². The third-order valence-electron chi connectivity index (χ3n) is 6.39. The highest BCUT2D eigenvalue weighted by molar-refractivity contribution is 7.89. The van der Waals surface area contributed by atoms with Crippen molar-refractivity contribution in [3.8, 4) is 0 Å². The van der Waals surface area contributed by atoms with E-state index in [2.05, 4.69) is 5.32 Å². The number of nitrogens with zero attached hydrogens (tertiary/aromatic N) is 2. The average molecular weight is 470 g/mol. The van der Waals surface area contributed by atoms with Gasteiger partial charge in [0.15, 0.2) is 0 Å². The van der Waals surface area contributed by atoms with Gasteiger partial charge in [0.25, 0.3) is 0 Å². The molecule has 0 spiro atoms. The predicted molar refractivity (Wildman–Crippen MR) is 123 cm³/mol. The first-order valence-corrected chi connectivity index (χ1v) is 12.9. The zero-order chi connectivity index (χ0) is 22.8. The largest absolute Gasteiger partial charge is 0.351 e. The molecule has 0 bridgehead atoms. The van der Waals surface area contributed by atoms with Gasteiger partial charge in [0.2, 0.25) is 21.8 Å². The number of piperazine rings is 1. The van der Waals surface area contributed by atoms with Gasteiger partial charge in [-0.2, -0.15) is 4.31 Å². The Balaban J connectivity index is 1.99. The Morgan fingerprint density at radius 2 is 1.87 bits per heavy atom. The van der Waals surface area contributed by atoms with Crippen LogP contribution in [0.3, 0.4) is 0 Å². The van der Waals surface area contributed by atoms with E-state index in [0.29, 0.717) is 10.7 Å². The maximum absolute atomic E-state index is 13.6. The lowest BCUT2D eigenvalue weighted by Crippen LogP contribution is -2.70. The fraction of sp³-hybridized carbons (Fsp3) is 0.636. The van der Waals surface area contributed by atoms with Crippen molar-refractivity contribution in [3.63, 3.8) is 0 Å². The van der Waals surface area contributed by atoms with Crippen molar-refractivity contribution >= 4 is 39.1 Å². The number of carbonyl (C=O) groups excluding carboxylic acids is 2. The van der Waals surface area contributed by atoms with Gasteiger partial charge in [-0.25, -0.2) is 8.42 Å². The lowest BCUT2D eigenvalue weighted by molar-refractivity contribution is -0.133. The first-order chi connectivity index (χ1) is 14.6. The number of aryl methyl sites for hydroxylation is 1. The molecule has 3 rings (SSSR count). The number of amides is 2. The summed E-state index contributed by atoms with van der Waals surface area (Å²) in [6, 6.07) is 5.24. The van der Waals surface area contributed by atoms with E-state index in [4.69, 9.17) is 11.6 Å². The van der Waals surface area contributed by atoms with Crippen molar-refractivity contribution in [1.82, 2.24) is 9.62 Å². The molecule has 2 amide bonds. The van der Waals surface area contributed by atoms with Crippen LogP contribution in [0.1, 0.15) is 57.9 Å². The molecule has 1 atom stereocenters. The van der Waals surface area contributed by atoms with E-state index in [1.165, 1.54) is 11.8 Å². The van der Waals surface area contributed by atoms with Gasteiger partial charge in [0.1, 0.15) is 5.54 Å². The van der Waals surface area contributed by atoms with Crippen molar-refractivity contribution in [2.24, 2.45) is 0 Å². The molecule has 31 heavy (non-hydrogen) atoms. The van der Waals surface area contributed by atoms with E-state index in [-0.39, 0.29) is 30.8 Å². The van der Waals surface area contributed by atoms with Gasteiger partial charge < -0.3 is 5.32 Å². The van der Waals surface area contributed by atoms with Crippen LogP contribution in [0.15, 0.2) is 18.2 Å². The molecule has 2 fully saturated rings. The molecule has 1 aliphatic carbocycles. The van der Waals surface area contributed by atoms with Crippen molar-refractivity contribution in [2.75, 3.05) is 23.7 Å². The van der Waals surface area contributed by atoms with Gasteiger partial charge in [-0.05, 0) is 51.3 Å². The van der Waals surface area contributed by atoms with Crippen molar-refractivity contribution in [2.45, 2.75) is 70.9 Å². The molecule has 1 aromatic carbocycles. The topological polar surface area (TPSA) is 86.8 Å². The van der Waals surface area contributed by atoms with Crippen LogP contribution in [0.25, 0.3) is 0 Å². The molecule has 2 aliphatic rings. The number of benzene rings is 1. The minimum absolute atomic E-state index is 0.0311. The first-order valence-electron chi connectivity index (χ1n) is 11.0. The number of hydrogen-bond acceptors (Lipinski definition) is 4. The predicted octanol–water partition coefficient (Wildman–Crippen LogP) is 3.24. The Morgan fingerprint density at radius 3 is 2.45 bits per heavy atom. The van der Waals surface area contributed by atoms with Gasteiger partial charge in [0.05, 0.1) is 12.3 Å². The Morgan fingerprint density at radius 1 is 1.23 bits per heavy atom. The summed E-state index contributed by atoms with van der Waals surface area (Å²) in [4.78, 5) is 28.2. The van der Waals surface area contributed by atoms with Crippen molar-refractivity contribution in [1.29, 1.82) is 0 Å². The molecule has 7 nitrogen and oxygen atoms in total. The summed E-state index contributed by atoms with van der Waals surface area (Å²) < 4.78 is 26.3. The third-order valence-corrected chi connectivity index (χ3v) is 8.57. The van der Waals surface area contributed by atoms with Crippen LogP contribution < -0.4 is 10.2 Å². The fourth-order valence-electron chi connectivity index (χ4n) is 4.43. The second-order valence-corrected chi connectivity index (χ2v) is 11.4. The summed E-state index contributed by atoms with van der Waals surface area (Å²) in [5.41, 5.74) is -0.0371. The lowest BCUT2D eigenvalue weighted by Gasteiger charge is -2.47. The molecule has 0 radical (unpaired) electrons. The second-order valence-electron chi connectivity index (χ2n) is 8.77. The first kappa shape index (κ1) is 24.0. The maximum Gasteiger partial charge on any atom is 0.247 e. The van der Waals surface area contributed by atoms with Crippen molar-refractivity contribution in [3.05, 3.63) is 28.8 Å². The molecular weight excluding hydrogens is 438 g/mol. The molecule has 1 aliphatic heterocycles. The summed E-state index contributed by atoms with van der Waals surface area (Å²) in [6.45, 7) is 4.64. The zero-order valence-corrected chi connectivity index (χ0v) is 20.1. The number of halogens is 1. The van der Waals surface area contributed by atoms with E-state index in [1.807, 2.05) is 6.92 Å². The monoisotopic (exact) mass is 469 g/mol. The van der Waals surface area contributed by atoms with Gasteiger partial charge in [0, 0.05) is 23.3 Å². The molecule has 1 aromatic rings. The Bertz CT molecular complexity index is 944. The number of sulfonamides is 1. The highest BCUT2D eigenvalue weighted by Gasteiger charge is 2.51. The molecule has 1 saturated heterocycles. The average Bonchev–Trinajstić information content (AvgIpc) is 2.98. The van der Waals surface area contributed by atoms with Crippen LogP contribution in [0.5, 0.6) is 0 Å². The number of rotatable bonds is 5. The van der Waals surface area contributed by atoms with Gasteiger partial charge in [-0.1, -0.05) is 43.4 Å².